The molecule has 2 rings (SSSR count). The normalized spacial score (nSPS) is 18.6. The van der Waals surface area contributed by atoms with E-state index in [0.29, 0.717) is 0 Å². The number of benzene rings is 1. The first-order valence-electron chi connectivity index (χ1n) is 6.98. The van der Waals surface area contributed by atoms with E-state index >= 15 is 0 Å². The van der Waals surface area contributed by atoms with Crippen LogP contribution in [-0.2, 0) is 10.0 Å². The molecule has 3 N–H and O–H groups in total. The van der Waals surface area contributed by atoms with Crippen molar-refractivity contribution in [2.24, 2.45) is 5.41 Å². The van der Waals surface area contributed by atoms with Gasteiger partial charge in [-0.05, 0) is 30.4 Å². The summed E-state index contributed by atoms with van der Waals surface area (Å²) in [6, 6.07) is 1.61. The van der Waals surface area contributed by atoms with Gasteiger partial charge in [0.25, 0.3) is 0 Å². The number of nitrogen functional groups attached to an aromatic ring is 1. The van der Waals surface area contributed by atoms with Crippen LogP contribution in [0.4, 0.5) is 14.5 Å². The summed E-state index contributed by atoms with van der Waals surface area (Å²) in [5.41, 5.74) is 4.98. The minimum absolute atomic E-state index is 0.150. The Morgan fingerprint density at radius 2 is 1.71 bits per heavy atom. The van der Waals surface area contributed by atoms with Crippen LogP contribution in [-0.4, -0.2) is 15.0 Å². The van der Waals surface area contributed by atoms with E-state index in [1.54, 1.807) is 0 Å². The molecule has 1 fully saturated rings. The molecule has 0 aliphatic heterocycles. The van der Waals surface area contributed by atoms with Gasteiger partial charge in [0.1, 0.15) is 11.6 Å². The zero-order valence-electron chi connectivity index (χ0n) is 12.0. The molecule has 0 saturated heterocycles. The van der Waals surface area contributed by atoms with E-state index in [-0.39, 0.29) is 17.6 Å². The smallest absolute Gasteiger partial charge is 0.246 e. The first-order chi connectivity index (χ1) is 9.73. The van der Waals surface area contributed by atoms with E-state index < -0.39 is 26.6 Å². The van der Waals surface area contributed by atoms with Gasteiger partial charge < -0.3 is 5.73 Å². The lowest BCUT2D eigenvalue weighted by atomic mass is 9.76. The Bertz CT molecular complexity index is 603. The molecule has 1 aromatic rings. The fourth-order valence-corrected chi connectivity index (χ4v) is 4.07. The molecule has 0 bridgehead atoms. The Hall–Kier alpha value is -1.21. The average Bonchev–Trinajstić information content (AvgIpc) is 2.36. The summed E-state index contributed by atoms with van der Waals surface area (Å²) in [7, 11) is -4.23. The summed E-state index contributed by atoms with van der Waals surface area (Å²) < 4.78 is 54.1. The molecule has 1 aromatic carbocycles. The van der Waals surface area contributed by atoms with Crippen LogP contribution in [0.3, 0.4) is 0 Å². The number of hydrogen-bond donors (Lipinski definition) is 2. The van der Waals surface area contributed by atoms with Crippen molar-refractivity contribution in [1.82, 2.24) is 4.72 Å². The zero-order chi connectivity index (χ0) is 15.7. The Kier molecular flexibility index (Phi) is 4.53. The van der Waals surface area contributed by atoms with Crippen LogP contribution in [0.5, 0.6) is 0 Å². The molecule has 0 unspecified atom stereocenters. The van der Waals surface area contributed by atoms with Crippen molar-refractivity contribution in [2.75, 3.05) is 12.3 Å². The molecular formula is C14H20F2N2O2S. The van der Waals surface area contributed by atoms with Crippen LogP contribution in [0.1, 0.15) is 39.0 Å². The van der Waals surface area contributed by atoms with E-state index in [0.717, 1.165) is 44.2 Å². The lowest BCUT2D eigenvalue weighted by Gasteiger charge is -2.33. The van der Waals surface area contributed by atoms with Crippen LogP contribution in [0.25, 0.3) is 0 Å². The topological polar surface area (TPSA) is 72.2 Å². The van der Waals surface area contributed by atoms with Crippen LogP contribution in [0.15, 0.2) is 17.0 Å². The molecule has 1 aliphatic rings. The maximum Gasteiger partial charge on any atom is 0.246 e. The highest BCUT2D eigenvalue weighted by molar-refractivity contribution is 7.89. The second-order valence-corrected chi connectivity index (χ2v) is 7.71. The third kappa shape index (κ3) is 3.71. The third-order valence-corrected chi connectivity index (χ3v) is 5.49. The largest absolute Gasteiger partial charge is 0.399 e. The Morgan fingerprint density at radius 3 is 2.24 bits per heavy atom. The summed E-state index contributed by atoms with van der Waals surface area (Å²) in [5.74, 6) is -2.34. The summed E-state index contributed by atoms with van der Waals surface area (Å²) in [4.78, 5) is -0.962. The van der Waals surface area contributed by atoms with E-state index in [9.17, 15) is 17.2 Å². The Morgan fingerprint density at radius 1 is 1.19 bits per heavy atom. The lowest BCUT2D eigenvalue weighted by molar-refractivity contribution is 0.219. The van der Waals surface area contributed by atoms with Gasteiger partial charge in [-0.25, -0.2) is 21.9 Å². The van der Waals surface area contributed by atoms with Gasteiger partial charge in [0.05, 0.1) is 0 Å². The highest BCUT2D eigenvalue weighted by atomic mass is 32.2. The van der Waals surface area contributed by atoms with Crippen LogP contribution < -0.4 is 10.5 Å². The second kappa shape index (κ2) is 5.88. The van der Waals surface area contributed by atoms with Gasteiger partial charge in [0.2, 0.25) is 10.0 Å². The fraction of sp³-hybridized carbons (Fsp3) is 0.571. The molecular weight excluding hydrogens is 298 g/mol. The Labute approximate surface area is 123 Å². The van der Waals surface area contributed by atoms with Crippen LogP contribution in [0.2, 0.25) is 0 Å². The second-order valence-electron chi connectivity index (χ2n) is 6.01. The van der Waals surface area contributed by atoms with Crippen LogP contribution >= 0.6 is 0 Å². The van der Waals surface area contributed by atoms with Gasteiger partial charge >= 0.3 is 0 Å². The molecule has 0 heterocycles. The monoisotopic (exact) mass is 318 g/mol. The van der Waals surface area contributed by atoms with Crippen molar-refractivity contribution in [2.45, 2.75) is 43.9 Å². The first kappa shape index (κ1) is 16.2. The van der Waals surface area contributed by atoms with Crippen molar-refractivity contribution in [3.8, 4) is 0 Å². The predicted molar refractivity (Wildman–Crippen MR) is 77.2 cm³/mol. The van der Waals surface area contributed by atoms with Crippen molar-refractivity contribution < 1.29 is 17.2 Å². The summed E-state index contributed by atoms with van der Waals surface area (Å²) in [5, 5.41) is 0. The van der Waals surface area contributed by atoms with Gasteiger partial charge in [-0.1, -0.05) is 26.2 Å². The number of rotatable bonds is 4. The number of nitrogens with one attached hydrogen (secondary N) is 1. The number of hydrogen-bond acceptors (Lipinski definition) is 3. The van der Waals surface area contributed by atoms with E-state index in [2.05, 4.69) is 4.72 Å². The molecule has 0 aromatic heterocycles. The molecule has 0 radical (unpaired) electrons. The van der Waals surface area contributed by atoms with Gasteiger partial charge in [-0.15, -0.1) is 0 Å². The molecule has 21 heavy (non-hydrogen) atoms. The minimum atomic E-state index is -4.23. The summed E-state index contributed by atoms with van der Waals surface area (Å²) in [6.07, 6.45) is 5.04. The molecule has 7 heteroatoms. The summed E-state index contributed by atoms with van der Waals surface area (Å²) >= 11 is 0. The fourth-order valence-electron chi connectivity index (χ4n) is 2.76. The van der Waals surface area contributed by atoms with E-state index in [1.165, 1.54) is 0 Å². The highest BCUT2D eigenvalue weighted by Crippen LogP contribution is 2.35. The molecule has 0 spiro atoms. The molecule has 118 valence electrons. The summed E-state index contributed by atoms with van der Waals surface area (Å²) in [6.45, 7) is 2.17. The van der Waals surface area contributed by atoms with E-state index in [1.807, 2.05) is 6.92 Å². The maximum absolute atomic E-state index is 13.7. The number of sulfonamides is 1. The molecule has 4 nitrogen and oxygen atoms in total. The Balaban J connectivity index is 2.19. The van der Waals surface area contributed by atoms with Crippen LogP contribution in [0, 0.1) is 17.0 Å². The molecule has 1 aliphatic carbocycles. The quantitative estimate of drug-likeness (QED) is 0.839. The lowest BCUT2D eigenvalue weighted by Crippen LogP contribution is -2.37. The molecule has 1 saturated carbocycles. The first-order valence-corrected chi connectivity index (χ1v) is 8.46. The van der Waals surface area contributed by atoms with E-state index in [4.69, 9.17) is 5.73 Å². The van der Waals surface area contributed by atoms with Gasteiger partial charge in [0.15, 0.2) is 4.90 Å². The maximum atomic E-state index is 13.7. The standard InChI is InChI=1S/C14H20F2N2O2S/c1-14(5-3-2-4-6-14)9-18-21(19,20)13-11(15)7-10(17)8-12(13)16/h7-8,18H,2-6,9,17H2,1H3. The van der Waals surface area contributed by atoms with Gasteiger partial charge in [-0.3, -0.25) is 0 Å². The predicted octanol–water partition coefficient (Wildman–Crippen LogP) is 2.80. The molecule has 0 amide bonds. The van der Waals surface area contributed by atoms with Crippen molar-refractivity contribution >= 4 is 15.7 Å². The van der Waals surface area contributed by atoms with Gasteiger partial charge in [0, 0.05) is 12.2 Å². The highest BCUT2D eigenvalue weighted by Gasteiger charge is 2.31. The molecule has 0 atom stereocenters. The number of anilines is 1. The minimum Gasteiger partial charge on any atom is -0.399 e. The third-order valence-electron chi connectivity index (χ3n) is 4.04. The zero-order valence-corrected chi connectivity index (χ0v) is 12.8. The SMILES string of the molecule is CC1(CNS(=O)(=O)c2c(F)cc(N)cc2F)CCCCC1. The number of halogens is 2. The van der Waals surface area contributed by atoms with Crippen molar-refractivity contribution in [3.05, 3.63) is 23.8 Å². The number of nitrogens with two attached hydrogens (primary N) is 1. The van der Waals surface area contributed by atoms with Crippen molar-refractivity contribution in [3.63, 3.8) is 0 Å². The average molecular weight is 318 g/mol. The van der Waals surface area contributed by atoms with Crippen molar-refractivity contribution in [1.29, 1.82) is 0 Å². The van der Waals surface area contributed by atoms with Gasteiger partial charge in [-0.2, -0.15) is 0 Å².